The van der Waals surface area contributed by atoms with E-state index >= 15 is 0 Å². The lowest BCUT2D eigenvalue weighted by atomic mass is 10.1. The van der Waals surface area contributed by atoms with Gasteiger partial charge in [0.15, 0.2) is 0 Å². The van der Waals surface area contributed by atoms with Crippen molar-refractivity contribution in [1.29, 1.82) is 0 Å². The van der Waals surface area contributed by atoms with E-state index in [1.165, 1.54) is 0 Å². The van der Waals surface area contributed by atoms with Crippen molar-refractivity contribution in [2.24, 2.45) is 0 Å². The second kappa shape index (κ2) is 5.32. The molecule has 0 saturated carbocycles. The van der Waals surface area contributed by atoms with Crippen molar-refractivity contribution in [3.05, 3.63) is 48.0 Å². The van der Waals surface area contributed by atoms with Gasteiger partial charge in [-0.25, -0.2) is 0 Å². The van der Waals surface area contributed by atoms with Crippen LogP contribution in [0.4, 0.5) is 0 Å². The van der Waals surface area contributed by atoms with Crippen molar-refractivity contribution in [3.8, 4) is 0 Å². The first-order valence-electron chi connectivity index (χ1n) is 4.77. The average Bonchev–Trinajstić information content (AvgIpc) is 2.18. The summed E-state index contributed by atoms with van der Waals surface area (Å²) in [5, 5.41) is 11.8. The summed E-state index contributed by atoms with van der Waals surface area (Å²) in [6.45, 7) is 5.88. The van der Waals surface area contributed by atoms with E-state index in [4.69, 9.17) is 5.11 Å². The molecule has 15 heavy (non-hydrogen) atoms. The molecule has 1 aromatic carbocycles. The summed E-state index contributed by atoms with van der Waals surface area (Å²) in [4.78, 5) is 10.8. The summed E-state index contributed by atoms with van der Waals surface area (Å²) >= 11 is 0. The van der Waals surface area contributed by atoms with E-state index in [0.717, 1.165) is 5.56 Å². The molecular weight excluding hydrogens is 190 g/mol. The summed E-state index contributed by atoms with van der Waals surface area (Å²) in [5.74, 6) is -0.890. The molecule has 0 saturated heterocycles. The highest BCUT2D eigenvalue weighted by Gasteiger charge is 2.16. The molecule has 80 valence electrons. The molecule has 0 amide bonds. The first-order valence-corrected chi connectivity index (χ1v) is 4.77. The van der Waals surface area contributed by atoms with Crippen LogP contribution in [-0.2, 0) is 11.3 Å². The fourth-order valence-corrected chi connectivity index (χ4v) is 1.29. The Kier molecular flexibility index (Phi) is 4.06. The van der Waals surface area contributed by atoms with Gasteiger partial charge in [0, 0.05) is 6.54 Å². The van der Waals surface area contributed by atoms with Gasteiger partial charge >= 0.3 is 5.97 Å². The average molecular weight is 205 g/mol. The first kappa shape index (κ1) is 11.5. The minimum Gasteiger partial charge on any atom is -0.480 e. The molecule has 0 aliphatic carbocycles. The highest BCUT2D eigenvalue weighted by molar-refractivity contribution is 5.77. The van der Waals surface area contributed by atoms with Gasteiger partial charge in [-0.3, -0.25) is 10.1 Å². The van der Waals surface area contributed by atoms with Crippen LogP contribution >= 0.6 is 0 Å². The Hall–Kier alpha value is -1.61. The van der Waals surface area contributed by atoms with Crippen LogP contribution < -0.4 is 5.32 Å². The van der Waals surface area contributed by atoms with E-state index in [0.29, 0.717) is 12.1 Å². The van der Waals surface area contributed by atoms with E-state index < -0.39 is 12.0 Å². The van der Waals surface area contributed by atoms with Gasteiger partial charge in [0.2, 0.25) is 0 Å². The molecular formula is C12H15NO2. The van der Waals surface area contributed by atoms with Gasteiger partial charge in [0.25, 0.3) is 0 Å². The molecule has 2 N–H and O–H groups in total. The highest BCUT2D eigenvalue weighted by Crippen LogP contribution is 2.02. The Morgan fingerprint density at radius 2 is 2.07 bits per heavy atom. The fraction of sp³-hybridized carbons (Fsp3) is 0.250. The molecule has 0 aliphatic rings. The summed E-state index contributed by atoms with van der Waals surface area (Å²) in [6.07, 6.45) is 0. The molecule has 0 heterocycles. The monoisotopic (exact) mass is 205 g/mol. The zero-order valence-electron chi connectivity index (χ0n) is 8.73. The second-order valence-corrected chi connectivity index (χ2v) is 3.48. The van der Waals surface area contributed by atoms with E-state index in [9.17, 15) is 4.79 Å². The number of hydrogen-bond donors (Lipinski definition) is 2. The normalized spacial score (nSPS) is 12.1. The zero-order valence-corrected chi connectivity index (χ0v) is 8.73. The standard InChI is InChI=1S/C12H15NO2/c1-9(2)11(12(14)15)13-8-10-6-4-3-5-7-10/h3-7,11,13H,1,8H2,2H3,(H,14,15). The maximum atomic E-state index is 10.8. The Bertz CT molecular complexity index is 332. The van der Waals surface area contributed by atoms with Crippen LogP contribution in [0.2, 0.25) is 0 Å². The van der Waals surface area contributed by atoms with Crippen LogP contribution in [0.15, 0.2) is 42.5 Å². The number of carboxylic acid groups (broad SMARTS) is 1. The van der Waals surface area contributed by atoms with E-state index in [1.54, 1.807) is 6.92 Å². The van der Waals surface area contributed by atoms with Crippen LogP contribution in [0.5, 0.6) is 0 Å². The molecule has 0 bridgehead atoms. The third kappa shape index (κ3) is 3.56. The fourth-order valence-electron chi connectivity index (χ4n) is 1.29. The topological polar surface area (TPSA) is 49.3 Å². The van der Waals surface area contributed by atoms with E-state index in [2.05, 4.69) is 11.9 Å². The van der Waals surface area contributed by atoms with Crippen molar-refractivity contribution >= 4 is 5.97 Å². The molecule has 1 unspecified atom stereocenters. The quantitative estimate of drug-likeness (QED) is 0.721. The van der Waals surface area contributed by atoms with Crippen LogP contribution in [-0.4, -0.2) is 17.1 Å². The first-order chi connectivity index (χ1) is 7.11. The lowest BCUT2D eigenvalue weighted by Crippen LogP contribution is -2.36. The summed E-state index contributed by atoms with van der Waals surface area (Å²) in [7, 11) is 0. The number of carbonyl (C=O) groups is 1. The summed E-state index contributed by atoms with van der Waals surface area (Å²) in [6, 6.07) is 9.00. The van der Waals surface area contributed by atoms with Crippen LogP contribution in [0.25, 0.3) is 0 Å². The predicted octanol–water partition coefficient (Wildman–Crippen LogP) is 1.81. The van der Waals surface area contributed by atoms with Crippen molar-refractivity contribution in [2.75, 3.05) is 0 Å². The van der Waals surface area contributed by atoms with Crippen LogP contribution in [0, 0.1) is 0 Å². The van der Waals surface area contributed by atoms with Crippen LogP contribution in [0.3, 0.4) is 0 Å². The highest BCUT2D eigenvalue weighted by atomic mass is 16.4. The number of carboxylic acids is 1. The third-order valence-electron chi connectivity index (χ3n) is 2.09. The van der Waals surface area contributed by atoms with Gasteiger partial charge in [-0.15, -0.1) is 0 Å². The van der Waals surface area contributed by atoms with E-state index in [1.807, 2.05) is 30.3 Å². The molecule has 0 radical (unpaired) electrons. The lowest BCUT2D eigenvalue weighted by Gasteiger charge is -2.13. The van der Waals surface area contributed by atoms with Gasteiger partial charge in [0.05, 0.1) is 0 Å². The minimum atomic E-state index is -0.890. The minimum absolute atomic E-state index is 0.532. The molecule has 1 rings (SSSR count). The number of benzene rings is 1. The molecule has 1 atom stereocenters. The van der Waals surface area contributed by atoms with Crippen molar-refractivity contribution in [3.63, 3.8) is 0 Å². The molecule has 0 spiro atoms. The summed E-state index contributed by atoms with van der Waals surface area (Å²) in [5.41, 5.74) is 1.67. The maximum Gasteiger partial charge on any atom is 0.324 e. The zero-order chi connectivity index (χ0) is 11.3. The molecule has 0 aliphatic heterocycles. The smallest absolute Gasteiger partial charge is 0.324 e. The molecule has 3 nitrogen and oxygen atoms in total. The van der Waals surface area contributed by atoms with E-state index in [-0.39, 0.29) is 0 Å². The molecule has 0 aromatic heterocycles. The third-order valence-corrected chi connectivity index (χ3v) is 2.09. The summed E-state index contributed by atoms with van der Waals surface area (Å²) < 4.78 is 0. The van der Waals surface area contributed by atoms with Gasteiger partial charge in [-0.2, -0.15) is 0 Å². The Morgan fingerprint density at radius 1 is 1.47 bits per heavy atom. The van der Waals surface area contributed by atoms with Crippen molar-refractivity contribution in [2.45, 2.75) is 19.5 Å². The van der Waals surface area contributed by atoms with Crippen molar-refractivity contribution in [1.82, 2.24) is 5.32 Å². The lowest BCUT2D eigenvalue weighted by molar-refractivity contribution is -0.138. The Labute approximate surface area is 89.4 Å². The largest absolute Gasteiger partial charge is 0.480 e. The van der Waals surface area contributed by atoms with Crippen molar-refractivity contribution < 1.29 is 9.90 Å². The van der Waals surface area contributed by atoms with Gasteiger partial charge in [0.1, 0.15) is 6.04 Å². The predicted molar refractivity (Wildman–Crippen MR) is 59.5 cm³/mol. The maximum absolute atomic E-state index is 10.8. The number of aliphatic carboxylic acids is 1. The molecule has 3 heteroatoms. The van der Waals surface area contributed by atoms with Gasteiger partial charge < -0.3 is 5.11 Å². The Morgan fingerprint density at radius 3 is 2.53 bits per heavy atom. The van der Waals surface area contributed by atoms with Gasteiger partial charge in [-0.1, -0.05) is 42.5 Å². The SMILES string of the molecule is C=C(C)C(NCc1ccccc1)C(=O)O. The second-order valence-electron chi connectivity index (χ2n) is 3.48. The number of rotatable bonds is 5. The van der Waals surface area contributed by atoms with Gasteiger partial charge in [-0.05, 0) is 12.5 Å². The molecule has 0 fully saturated rings. The number of hydrogen-bond acceptors (Lipinski definition) is 2. The van der Waals surface area contributed by atoms with Crippen LogP contribution in [0.1, 0.15) is 12.5 Å². The molecule has 1 aromatic rings. The number of nitrogens with one attached hydrogen (secondary N) is 1. The Balaban J connectivity index is 2.55.